The summed E-state index contributed by atoms with van der Waals surface area (Å²) < 4.78 is 0. The molecule has 1 fully saturated rings. The first-order valence-electron chi connectivity index (χ1n) is 10.6. The number of rotatable bonds is 6. The molecule has 0 bridgehead atoms. The van der Waals surface area contributed by atoms with Crippen molar-refractivity contribution in [2.45, 2.75) is 61.9 Å². The summed E-state index contributed by atoms with van der Waals surface area (Å²) in [7, 11) is 4.28. The monoisotopic (exact) mass is 471 g/mol. The van der Waals surface area contributed by atoms with Gasteiger partial charge in [-0.05, 0) is 46.8 Å². The predicted octanol–water partition coefficient (Wildman–Crippen LogP) is 5.77. The van der Waals surface area contributed by atoms with Crippen LogP contribution in [0, 0.1) is 6.92 Å². The SMILES string of the molecule is Cc1c2c(c3ccccc3c1O)N(CCCN(C)C)C(NC1CCCCC1)S2.Cl.Cl. The number of benzene rings is 2. The topological polar surface area (TPSA) is 38.7 Å². The van der Waals surface area contributed by atoms with E-state index in [-0.39, 0.29) is 30.3 Å². The van der Waals surface area contributed by atoms with E-state index < -0.39 is 0 Å². The van der Waals surface area contributed by atoms with Crippen molar-refractivity contribution in [3.05, 3.63) is 29.8 Å². The van der Waals surface area contributed by atoms with Gasteiger partial charge in [-0.15, -0.1) is 24.8 Å². The molecule has 30 heavy (non-hydrogen) atoms. The summed E-state index contributed by atoms with van der Waals surface area (Å²) in [5, 5.41) is 16.9. The van der Waals surface area contributed by atoms with Crippen LogP contribution in [-0.4, -0.2) is 48.7 Å². The number of nitrogens with zero attached hydrogens (tertiary/aromatic N) is 2. The van der Waals surface area contributed by atoms with Crippen LogP contribution in [0.25, 0.3) is 10.8 Å². The summed E-state index contributed by atoms with van der Waals surface area (Å²) >= 11 is 1.89. The van der Waals surface area contributed by atoms with Crippen LogP contribution < -0.4 is 10.2 Å². The number of hydrogen-bond acceptors (Lipinski definition) is 5. The molecular formula is C23H35Cl2N3OS. The molecule has 2 N–H and O–H groups in total. The van der Waals surface area contributed by atoms with Crippen LogP contribution in [0.4, 0.5) is 5.69 Å². The summed E-state index contributed by atoms with van der Waals surface area (Å²) in [4.78, 5) is 6.06. The average Bonchev–Trinajstić information content (AvgIpc) is 3.05. The molecule has 0 spiro atoms. The maximum absolute atomic E-state index is 10.8. The molecule has 7 heteroatoms. The fourth-order valence-electron chi connectivity index (χ4n) is 4.61. The highest BCUT2D eigenvalue weighted by molar-refractivity contribution is 8.00. The fraction of sp³-hybridized carbons (Fsp3) is 0.565. The zero-order valence-electron chi connectivity index (χ0n) is 18.2. The number of phenolic OH excluding ortho intramolecular Hbond substituents is 1. The van der Waals surface area contributed by atoms with Crippen molar-refractivity contribution in [3.63, 3.8) is 0 Å². The Balaban J connectivity index is 0.00000160. The van der Waals surface area contributed by atoms with Gasteiger partial charge in [0.05, 0.1) is 5.69 Å². The van der Waals surface area contributed by atoms with Gasteiger partial charge < -0.3 is 14.9 Å². The highest BCUT2D eigenvalue weighted by Crippen LogP contribution is 2.52. The Morgan fingerprint density at radius 3 is 2.43 bits per heavy atom. The summed E-state index contributed by atoms with van der Waals surface area (Å²) in [6, 6.07) is 8.92. The summed E-state index contributed by atoms with van der Waals surface area (Å²) in [6.45, 7) is 4.17. The minimum Gasteiger partial charge on any atom is -0.507 e. The van der Waals surface area contributed by atoms with Gasteiger partial charge in [0.2, 0.25) is 0 Å². The smallest absolute Gasteiger partial charge is 0.133 e. The molecule has 0 saturated heterocycles. The van der Waals surface area contributed by atoms with Crippen molar-refractivity contribution in [2.75, 3.05) is 32.1 Å². The summed E-state index contributed by atoms with van der Waals surface area (Å²) in [5.74, 6) is 0.438. The number of fused-ring (bicyclic) bond motifs is 3. The Hall–Kier alpha value is -0.850. The molecule has 1 atom stereocenters. The molecule has 1 saturated carbocycles. The molecule has 0 amide bonds. The van der Waals surface area contributed by atoms with E-state index in [1.807, 2.05) is 23.9 Å². The Labute approximate surface area is 197 Å². The number of nitrogens with one attached hydrogen (secondary N) is 1. The number of aromatic hydroxyl groups is 1. The lowest BCUT2D eigenvalue weighted by Crippen LogP contribution is -2.47. The van der Waals surface area contributed by atoms with E-state index in [4.69, 9.17) is 0 Å². The van der Waals surface area contributed by atoms with Crippen LogP contribution in [0.1, 0.15) is 44.1 Å². The van der Waals surface area contributed by atoms with Gasteiger partial charge in [0.25, 0.3) is 0 Å². The van der Waals surface area contributed by atoms with Crippen LogP contribution in [0.15, 0.2) is 29.2 Å². The number of anilines is 1. The molecular weight excluding hydrogens is 437 g/mol. The normalized spacial score (nSPS) is 18.9. The van der Waals surface area contributed by atoms with Gasteiger partial charge in [-0.3, -0.25) is 5.32 Å². The van der Waals surface area contributed by atoms with E-state index in [9.17, 15) is 5.11 Å². The van der Waals surface area contributed by atoms with Crippen LogP contribution in [0.2, 0.25) is 0 Å². The van der Waals surface area contributed by atoms with Gasteiger partial charge in [-0.1, -0.05) is 55.3 Å². The van der Waals surface area contributed by atoms with E-state index in [0.29, 0.717) is 11.8 Å². The Morgan fingerprint density at radius 1 is 1.10 bits per heavy atom. The lowest BCUT2D eigenvalue weighted by Gasteiger charge is -2.33. The lowest BCUT2D eigenvalue weighted by atomic mass is 9.96. The van der Waals surface area contributed by atoms with Gasteiger partial charge in [-0.25, -0.2) is 0 Å². The highest BCUT2D eigenvalue weighted by atomic mass is 35.5. The van der Waals surface area contributed by atoms with Crippen molar-refractivity contribution in [2.24, 2.45) is 0 Å². The Morgan fingerprint density at radius 2 is 1.77 bits per heavy atom. The van der Waals surface area contributed by atoms with Gasteiger partial charge in [0.15, 0.2) is 0 Å². The zero-order valence-corrected chi connectivity index (χ0v) is 20.6. The molecule has 2 aromatic carbocycles. The number of halogens is 2. The molecule has 1 aliphatic heterocycles. The summed E-state index contributed by atoms with van der Waals surface area (Å²) in [6.07, 6.45) is 7.75. The zero-order chi connectivity index (χ0) is 19.7. The largest absolute Gasteiger partial charge is 0.507 e. The minimum atomic E-state index is 0. The molecule has 0 radical (unpaired) electrons. The predicted molar refractivity (Wildman–Crippen MR) is 135 cm³/mol. The van der Waals surface area contributed by atoms with Crippen LogP contribution in [-0.2, 0) is 0 Å². The second-order valence-corrected chi connectivity index (χ2v) is 9.61. The maximum Gasteiger partial charge on any atom is 0.133 e. The van der Waals surface area contributed by atoms with E-state index in [0.717, 1.165) is 30.5 Å². The third kappa shape index (κ3) is 5.13. The molecule has 0 aromatic heterocycles. The standard InChI is InChI=1S/C23H33N3OS.2ClH/c1-16-21(27)19-13-8-7-12-18(19)20-22(16)28-23(24-17-10-5-4-6-11-17)26(20)15-9-14-25(2)3;;/h7-8,12-13,17,23-24,27H,4-6,9-11,14-15H2,1-3H3;2*1H. The van der Waals surface area contributed by atoms with Crippen molar-refractivity contribution in [3.8, 4) is 5.75 Å². The van der Waals surface area contributed by atoms with Crippen molar-refractivity contribution in [1.29, 1.82) is 0 Å². The third-order valence-corrected chi connectivity index (χ3v) is 7.48. The molecule has 168 valence electrons. The first-order valence-corrected chi connectivity index (χ1v) is 11.5. The maximum atomic E-state index is 10.8. The molecule has 4 nitrogen and oxygen atoms in total. The quantitative estimate of drug-likeness (QED) is 0.559. The third-order valence-electron chi connectivity index (χ3n) is 6.14. The minimum absolute atomic E-state index is 0. The fourth-order valence-corrected chi connectivity index (χ4v) is 6.04. The lowest BCUT2D eigenvalue weighted by molar-refractivity contribution is 0.359. The van der Waals surface area contributed by atoms with Gasteiger partial charge in [-0.2, -0.15) is 0 Å². The first-order chi connectivity index (χ1) is 13.6. The number of hydrogen-bond donors (Lipinski definition) is 2. The molecule has 2 aromatic rings. The van der Waals surface area contributed by atoms with Gasteiger partial charge in [0, 0.05) is 33.8 Å². The Bertz CT molecular complexity index is 843. The molecule has 1 unspecified atom stereocenters. The average molecular weight is 473 g/mol. The van der Waals surface area contributed by atoms with E-state index >= 15 is 0 Å². The van der Waals surface area contributed by atoms with Crippen molar-refractivity contribution >= 4 is 53.0 Å². The van der Waals surface area contributed by atoms with Gasteiger partial charge >= 0.3 is 0 Å². The molecule has 2 aliphatic rings. The number of thioether (sulfide) groups is 1. The molecule has 1 heterocycles. The van der Waals surface area contributed by atoms with Crippen LogP contribution in [0.3, 0.4) is 0 Å². The van der Waals surface area contributed by atoms with Crippen LogP contribution in [0.5, 0.6) is 5.75 Å². The second kappa shape index (κ2) is 11.1. The Kier molecular flexibility index (Phi) is 9.44. The van der Waals surface area contributed by atoms with Crippen LogP contribution >= 0.6 is 36.6 Å². The molecule has 4 rings (SSSR count). The highest BCUT2D eigenvalue weighted by Gasteiger charge is 2.35. The first kappa shape index (κ1) is 25.4. The van der Waals surface area contributed by atoms with Crippen molar-refractivity contribution < 1.29 is 5.11 Å². The van der Waals surface area contributed by atoms with E-state index in [1.54, 1.807) is 0 Å². The van der Waals surface area contributed by atoms with E-state index in [2.05, 4.69) is 48.3 Å². The number of phenols is 1. The summed E-state index contributed by atoms with van der Waals surface area (Å²) in [5.41, 5.74) is 2.58. The van der Waals surface area contributed by atoms with E-state index in [1.165, 1.54) is 48.1 Å². The van der Waals surface area contributed by atoms with Crippen molar-refractivity contribution in [1.82, 2.24) is 10.2 Å². The second-order valence-electron chi connectivity index (χ2n) is 8.52. The molecule has 1 aliphatic carbocycles. The van der Waals surface area contributed by atoms with Gasteiger partial charge in [0.1, 0.15) is 11.2 Å².